The number of hydrogen-bond donors (Lipinski definition) is 1. The molecule has 0 aromatic heterocycles. The van der Waals surface area contributed by atoms with Gasteiger partial charge in [0.2, 0.25) is 0 Å². The molecule has 1 saturated heterocycles. The maximum Gasteiger partial charge on any atom is 0.416 e. The summed E-state index contributed by atoms with van der Waals surface area (Å²) >= 11 is 0. The van der Waals surface area contributed by atoms with E-state index in [2.05, 4.69) is 26.9 Å². The average Bonchev–Trinajstić information content (AvgIpc) is 2.58. The van der Waals surface area contributed by atoms with E-state index in [-0.39, 0.29) is 17.7 Å². The second-order valence-corrected chi connectivity index (χ2v) is 6.18. The fraction of sp³-hybridized carbons (Fsp3) is 0.588. The van der Waals surface area contributed by atoms with E-state index in [0.29, 0.717) is 6.54 Å². The van der Waals surface area contributed by atoms with Crippen LogP contribution >= 0.6 is 0 Å². The van der Waals surface area contributed by atoms with Crippen molar-refractivity contribution in [3.63, 3.8) is 0 Å². The smallest absolute Gasteiger partial charge is 0.416 e. The number of carbonyl (C=O) groups excluding carboxylic acids is 1. The first-order valence-corrected chi connectivity index (χ1v) is 8.21. The van der Waals surface area contributed by atoms with Gasteiger partial charge >= 0.3 is 12.1 Å². The Hall–Kier alpha value is -1.64. The van der Waals surface area contributed by atoms with E-state index in [4.69, 9.17) is 0 Å². The molecule has 0 amide bonds. The van der Waals surface area contributed by atoms with Gasteiger partial charge in [-0.3, -0.25) is 4.90 Å². The van der Waals surface area contributed by atoms with E-state index in [0.717, 1.165) is 45.9 Å². The average molecular weight is 359 g/mol. The number of methoxy groups -OCH3 is 1. The van der Waals surface area contributed by atoms with Crippen LogP contribution in [0, 0.1) is 0 Å². The summed E-state index contributed by atoms with van der Waals surface area (Å²) in [5, 5.41) is 3.06. The van der Waals surface area contributed by atoms with E-state index in [1.807, 2.05) is 0 Å². The molecule has 0 atom stereocenters. The van der Waals surface area contributed by atoms with Gasteiger partial charge < -0.3 is 15.0 Å². The quantitative estimate of drug-likeness (QED) is 0.620. The van der Waals surface area contributed by atoms with Crippen LogP contribution in [0.4, 0.5) is 13.2 Å². The van der Waals surface area contributed by atoms with Gasteiger partial charge in [-0.15, -0.1) is 0 Å². The standard InChI is InChI=1S/C17H24F3N3O2/c1-22-7-9-23(10-8-22)6-5-21-12-14-4-3-13(16(24)25-2)11-15(14)17(18,19)20/h3-4,11,21H,5-10,12H2,1-2H3. The van der Waals surface area contributed by atoms with Gasteiger partial charge in [-0.2, -0.15) is 13.2 Å². The van der Waals surface area contributed by atoms with Gasteiger partial charge in [0, 0.05) is 45.8 Å². The normalized spacial score (nSPS) is 16.8. The molecule has 140 valence electrons. The zero-order valence-corrected chi connectivity index (χ0v) is 14.5. The van der Waals surface area contributed by atoms with Crippen LogP contribution in [0.5, 0.6) is 0 Å². The van der Waals surface area contributed by atoms with Crippen molar-refractivity contribution in [1.29, 1.82) is 0 Å². The molecule has 0 saturated carbocycles. The molecule has 1 fully saturated rings. The zero-order valence-electron chi connectivity index (χ0n) is 14.5. The minimum Gasteiger partial charge on any atom is -0.465 e. The number of rotatable bonds is 6. The molecule has 1 heterocycles. The first-order valence-electron chi connectivity index (χ1n) is 8.21. The summed E-state index contributed by atoms with van der Waals surface area (Å²) in [7, 11) is 3.22. The number of piperazine rings is 1. The highest BCUT2D eigenvalue weighted by molar-refractivity contribution is 5.89. The second-order valence-electron chi connectivity index (χ2n) is 6.18. The molecule has 0 aliphatic carbocycles. The Morgan fingerprint density at radius 1 is 1.24 bits per heavy atom. The highest BCUT2D eigenvalue weighted by Gasteiger charge is 2.34. The third-order valence-electron chi connectivity index (χ3n) is 4.35. The van der Waals surface area contributed by atoms with Crippen molar-refractivity contribution >= 4 is 5.97 Å². The number of likely N-dealkylation sites (N-methyl/N-ethyl adjacent to an activating group) is 1. The number of nitrogens with one attached hydrogen (secondary N) is 1. The molecule has 1 aliphatic heterocycles. The summed E-state index contributed by atoms with van der Waals surface area (Å²) in [6, 6.07) is 3.54. The van der Waals surface area contributed by atoms with Crippen LogP contribution in [0.15, 0.2) is 18.2 Å². The lowest BCUT2D eigenvalue weighted by Crippen LogP contribution is -2.46. The zero-order chi connectivity index (χ0) is 18.4. The van der Waals surface area contributed by atoms with Crippen LogP contribution in [0.1, 0.15) is 21.5 Å². The summed E-state index contributed by atoms with van der Waals surface area (Å²) in [5.74, 6) is -0.778. The minimum atomic E-state index is -4.52. The lowest BCUT2D eigenvalue weighted by atomic mass is 10.0. The molecule has 0 bridgehead atoms. The van der Waals surface area contributed by atoms with Gasteiger partial charge in [-0.1, -0.05) is 6.07 Å². The van der Waals surface area contributed by atoms with E-state index in [9.17, 15) is 18.0 Å². The third kappa shape index (κ3) is 5.69. The number of hydrogen-bond acceptors (Lipinski definition) is 5. The van der Waals surface area contributed by atoms with E-state index in [1.54, 1.807) is 0 Å². The van der Waals surface area contributed by atoms with Crippen molar-refractivity contribution in [2.45, 2.75) is 12.7 Å². The number of alkyl halides is 3. The number of halogens is 3. The van der Waals surface area contributed by atoms with Crippen molar-refractivity contribution in [2.24, 2.45) is 0 Å². The summed E-state index contributed by atoms with van der Waals surface area (Å²) in [6.45, 7) is 5.47. The third-order valence-corrected chi connectivity index (χ3v) is 4.35. The highest BCUT2D eigenvalue weighted by atomic mass is 19.4. The predicted molar refractivity (Wildman–Crippen MR) is 88.4 cm³/mol. The van der Waals surface area contributed by atoms with E-state index < -0.39 is 17.7 Å². The highest BCUT2D eigenvalue weighted by Crippen LogP contribution is 2.32. The first-order chi connectivity index (χ1) is 11.8. The molecule has 0 radical (unpaired) electrons. The van der Waals surface area contributed by atoms with Crippen LogP contribution in [-0.4, -0.2) is 69.2 Å². The molecule has 1 aliphatic rings. The lowest BCUT2D eigenvalue weighted by Gasteiger charge is -2.32. The Balaban J connectivity index is 1.93. The molecule has 8 heteroatoms. The molecule has 1 aromatic rings. The van der Waals surface area contributed by atoms with Crippen molar-refractivity contribution in [3.8, 4) is 0 Å². The van der Waals surface area contributed by atoms with Gasteiger partial charge in [-0.25, -0.2) is 4.79 Å². The molecule has 5 nitrogen and oxygen atoms in total. The Morgan fingerprint density at radius 2 is 1.92 bits per heavy atom. The number of carbonyl (C=O) groups is 1. The Kier molecular flexibility index (Phi) is 6.80. The fourth-order valence-electron chi connectivity index (χ4n) is 2.77. The molecule has 0 spiro atoms. The van der Waals surface area contributed by atoms with Crippen molar-refractivity contribution in [3.05, 3.63) is 34.9 Å². The van der Waals surface area contributed by atoms with Crippen LogP contribution < -0.4 is 5.32 Å². The van der Waals surface area contributed by atoms with Crippen LogP contribution in [0.2, 0.25) is 0 Å². The predicted octanol–water partition coefficient (Wildman–Crippen LogP) is 1.83. The maximum atomic E-state index is 13.2. The topological polar surface area (TPSA) is 44.8 Å². The summed E-state index contributed by atoms with van der Waals surface area (Å²) in [5.41, 5.74) is -0.781. The molecule has 2 rings (SSSR count). The Bertz CT molecular complexity index is 585. The lowest BCUT2D eigenvalue weighted by molar-refractivity contribution is -0.138. The number of benzene rings is 1. The van der Waals surface area contributed by atoms with Gasteiger partial charge in [0.25, 0.3) is 0 Å². The number of nitrogens with zero attached hydrogens (tertiary/aromatic N) is 2. The molecule has 25 heavy (non-hydrogen) atoms. The number of esters is 1. The van der Waals surface area contributed by atoms with Gasteiger partial charge in [0.15, 0.2) is 0 Å². The van der Waals surface area contributed by atoms with Gasteiger partial charge in [-0.05, 0) is 24.7 Å². The van der Waals surface area contributed by atoms with Crippen molar-refractivity contribution < 1.29 is 22.7 Å². The molecule has 1 N–H and O–H groups in total. The first kappa shape index (κ1) is 19.7. The van der Waals surface area contributed by atoms with E-state index in [1.165, 1.54) is 12.1 Å². The Morgan fingerprint density at radius 3 is 2.52 bits per heavy atom. The molecular weight excluding hydrogens is 335 g/mol. The van der Waals surface area contributed by atoms with Gasteiger partial charge in [0.1, 0.15) is 0 Å². The minimum absolute atomic E-state index is 0.101. The maximum absolute atomic E-state index is 13.2. The Labute approximate surface area is 145 Å². The summed E-state index contributed by atoms with van der Waals surface area (Å²) in [4.78, 5) is 16.0. The molecular formula is C17H24F3N3O2. The SMILES string of the molecule is COC(=O)c1ccc(CNCCN2CCN(C)CC2)c(C(F)(F)F)c1. The molecule has 1 aromatic carbocycles. The summed E-state index contributed by atoms with van der Waals surface area (Å²) < 4.78 is 44.2. The number of ether oxygens (including phenoxy) is 1. The largest absolute Gasteiger partial charge is 0.465 e. The van der Waals surface area contributed by atoms with Crippen molar-refractivity contribution in [2.75, 3.05) is 53.4 Å². The molecule has 0 unspecified atom stereocenters. The monoisotopic (exact) mass is 359 g/mol. The van der Waals surface area contributed by atoms with Crippen molar-refractivity contribution in [1.82, 2.24) is 15.1 Å². The van der Waals surface area contributed by atoms with Crippen LogP contribution in [0.3, 0.4) is 0 Å². The van der Waals surface area contributed by atoms with Gasteiger partial charge in [0.05, 0.1) is 18.2 Å². The second kappa shape index (κ2) is 8.64. The van der Waals surface area contributed by atoms with E-state index >= 15 is 0 Å². The summed E-state index contributed by atoms with van der Waals surface area (Å²) in [6.07, 6.45) is -4.52. The fourth-order valence-corrected chi connectivity index (χ4v) is 2.77. The van der Waals surface area contributed by atoms with Crippen LogP contribution in [-0.2, 0) is 17.5 Å². The van der Waals surface area contributed by atoms with Crippen LogP contribution in [0.25, 0.3) is 0 Å².